The molecule has 3 rings (SSSR count). The molecule has 6 N–H and O–H groups in total. The maximum Gasteiger partial charge on any atom is 0.335 e. The summed E-state index contributed by atoms with van der Waals surface area (Å²) in [4.78, 5) is 24.4. The van der Waals surface area contributed by atoms with Crippen molar-refractivity contribution in [1.82, 2.24) is 0 Å². The molecule has 1 aromatic rings. The zero-order valence-electron chi connectivity index (χ0n) is 19.5. The second-order valence-electron chi connectivity index (χ2n) is 8.36. The summed E-state index contributed by atoms with van der Waals surface area (Å²) in [6, 6.07) is 6.39. The molecule has 198 valence electrons. The zero-order chi connectivity index (χ0) is 26.4. The maximum absolute atomic E-state index is 12.6. The molecule has 0 spiro atoms. The van der Waals surface area contributed by atoms with E-state index in [4.69, 9.17) is 18.9 Å². The van der Waals surface area contributed by atoms with Gasteiger partial charge in [-0.25, -0.2) is 4.79 Å². The van der Waals surface area contributed by atoms with E-state index in [0.717, 1.165) is 11.8 Å². The van der Waals surface area contributed by atoms with Crippen LogP contribution < -0.4 is 0 Å². The number of carboxylic acids is 1. The van der Waals surface area contributed by atoms with E-state index in [1.807, 2.05) is 0 Å². The molecule has 7 atom stereocenters. The first kappa shape index (κ1) is 27.6. The van der Waals surface area contributed by atoms with Gasteiger partial charge in [0.15, 0.2) is 6.29 Å². The van der Waals surface area contributed by atoms with Crippen molar-refractivity contribution in [2.24, 2.45) is 5.92 Å². The Labute approximate surface area is 206 Å². The van der Waals surface area contributed by atoms with E-state index in [2.05, 4.69) is 0 Å². The topological polar surface area (TPSA) is 192 Å². The molecule has 1 aromatic carbocycles. The van der Waals surface area contributed by atoms with Crippen LogP contribution in [0.25, 0.3) is 0 Å². The SMILES string of the molecule is C/C=C1/[C@@H](O[C@H]2O[C@@H](CO)[C@H](O)[C@@H](O)[C@@H]2O)OC=C(C(=O)O)[C@H]1CC(=O)OCCc1ccc(O)cc1. The number of aromatic hydroxyl groups is 1. The lowest BCUT2D eigenvalue weighted by molar-refractivity contribution is -0.327. The van der Waals surface area contributed by atoms with E-state index in [9.17, 15) is 40.2 Å². The van der Waals surface area contributed by atoms with Crippen LogP contribution in [0.2, 0.25) is 0 Å². The number of aliphatic carboxylic acids is 1. The molecule has 1 saturated heterocycles. The van der Waals surface area contributed by atoms with Crippen molar-refractivity contribution < 1.29 is 59.2 Å². The third-order valence-electron chi connectivity index (χ3n) is 6.02. The van der Waals surface area contributed by atoms with Gasteiger partial charge in [-0.1, -0.05) is 18.2 Å². The predicted octanol–water partition coefficient (Wildman–Crippen LogP) is -0.428. The number of phenols is 1. The Hall–Kier alpha value is -3.00. The molecule has 12 nitrogen and oxygen atoms in total. The number of carbonyl (C=O) groups excluding carboxylic acids is 1. The smallest absolute Gasteiger partial charge is 0.335 e. The summed E-state index contributed by atoms with van der Waals surface area (Å²) in [6.07, 6.45) is -6.52. The van der Waals surface area contributed by atoms with Crippen LogP contribution in [0.5, 0.6) is 5.75 Å². The Balaban J connectivity index is 1.68. The summed E-state index contributed by atoms with van der Waals surface area (Å²) in [5.74, 6) is -2.86. The van der Waals surface area contributed by atoms with Gasteiger partial charge in [-0.2, -0.15) is 0 Å². The fourth-order valence-electron chi connectivity index (χ4n) is 3.99. The van der Waals surface area contributed by atoms with Gasteiger partial charge in [-0.05, 0) is 24.6 Å². The number of phenolic OH excluding ortho intramolecular Hbond substituents is 1. The second-order valence-corrected chi connectivity index (χ2v) is 8.36. The van der Waals surface area contributed by atoms with Crippen molar-refractivity contribution in [3.8, 4) is 5.75 Å². The first-order valence-corrected chi connectivity index (χ1v) is 11.3. The van der Waals surface area contributed by atoms with E-state index in [0.29, 0.717) is 6.42 Å². The molecule has 1 fully saturated rings. The van der Waals surface area contributed by atoms with E-state index >= 15 is 0 Å². The number of allylic oxidation sites excluding steroid dienone is 1. The molecule has 0 aromatic heterocycles. The van der Waals surface area contributed by atoms with Crippen LogP contribution >= 0.6 is 0 Å². The van der Waals surface area contributed by atoms with E-state index in [1.54, 1.807) is 19.1 Å². The molecule has 0 radical (unpaired) electrons. The molecule has 2 aliphatic rings. The van der Waals surface area contributed by atoms with Crippen LogP contribution in [0.1, 0.15) is 18.9 Å². The molecule has 36 heavy (non-hydrogen) atoms. The lowest BCUT2D eigenvalue weighted by Crippen LogP contribution is -2.60. The molecule has 0 saturated carbocycles. The number of hydrogen-bond acceptors (Lipinski definition) is 11. The number of benzene rings is 1. The largest absolute Gasteiger partial charge is 0.508 e. The summed E-state index contributed by atoms with van der Waals surface area (Å²) in [5.41, 5.74) is 0.856. The van der Waals surface area contributed by atoms with Gasteiger partial charge in [0, 0.05) is 17.9 Å². The van der Waals surface area contributed by atoms with Gasteiger partial charge in [-0.15, -0.1) is 0 Å². The Bertz CT molecular complexity index is 970. The van der Waals surface area contributed by atoms with Gasteiger partial charge in [0.1, 0.15) is 30.2 Å². The van der Waals surface area contributed by atoms with Crippen molar-refractivity contribution >= 4 is 11.9 Å². The monoisotopic (exact) mass is 510 g/mol. The van der Waals surface area contributed by atoms with Crippen molar-refractivity contribution in [3.05, 3.63) is 53.3 Å². The number of carboxylic acid groups (broad SMARTS) is 1. The molecule has 0 bridgehead atoms. The summed E-state index contributed by atoms with van der Waals surface area (Å²) < 4.78 is 21.6. The van der Waals surface area contributed by atoms with Crippen LogP contribution in [-0.4, -0.2) is 92.8 Å². The summed E-state index contributed by atoms with van der Waals surface area (Å²) in [6.45, 7) is 0.958. The first-order valence-electron chi connectivity index (χ1n) is 11.3. The average Bonchev–Trinajstić information content (AvgIpc) is 2.85. The molecule has 12 heteroatoms. The lowest BCUT2D eigenvalue weighted by atomic mass is 9.86. The molecule has 0 aliphatic carbocycles. The van der Waals surface area contributed by atoms with Crippen LogP contribution in [0, 0.1) is 5.92 Å². The lowest BCUT2D eigenvalue weighted by Gasteiger charge is -2.41. The van der Waals surface area contributed by atoms with Gasteiger partial charge in [0.2, 0.25) is 6.29 Å². The standard InChI is InChI=1S/C24H30O12/c1-2-14-15(9-18(27)33-8-7-12-3-5-13(26)6-4-12)16(22(31)32)11-34-23(14)36-24-21(30)20(29)19(28)17(10-25)35-24/h2-6,11,15,17,19-21,23-26,28-30H,7-10H2,1H3,(H,31,32)/b14-2+/t15-,17-,19-,20+,21-,23+,24+/m0/s1. The maximum atomic E-state index is 12.6. The third-order valence-corrected chi connectivity index (χ3v) is 6.02. The van der Waals surface area contributed by atoms with Crippen molar-refractivity contribution in [1.29, 1.82) is 0 Å². The Morgan fingerprint density at radius 2 is 1.78 bits per heavy atom. The fourth-order valence-corrected chi connectivity index (χ4v) is 3.99. The third kappa shape index (κ3) is 6.40. The highest BCUT2D eigenvalue weighted by Gasteiger charge is 2.46. The van der Waals surface area contributed by atoms with Gasteiger partial charge in [-0.3, -0.25) is 4.79 Å². The number of aliphatic hydroxyl groups is 4. The van der Waals surface area contributed by atoms with E-state index in [-0.39, 0.29) is 29.9 Å². The van der Waals surface area contributed by atoms with Gasteiger partial charge in [0.25, 0.3) is 0 Å². The van der Waals surface area contributed by atoms with Gasteiger partial charge >= 0.3 is 11.9 Å². The number of esters is 1. The van der Waals surface area contributed by atoms with Crippen molar-refractivity contribution in [2.45, 2.75) is 56.8 Å². The Kier molecular flexibility index (Phi) is 9.43. The van der Waals surface area contributed by atoms with Gasteiger partial charge < -0.3 is 49.6 Å². The number of rotatable bonds is 9. The van der Waals surface area contributed by atoms with Crippen LogP contribution in [0.15, 0.2) is 47.7 Å². The highest BCUT2D eigenvalue weighted by atomic mass is 16.8. The van der Waals surface area contributed by atoms with E-state index < -0.39 is 61.5 Å². The van der Waals surface area contributed by atoms with Crippen LogP contribution in [0.4, 0.5) is 0 Å². The van der Waals surface area contributed by atoms with Crippen LogP contribution in [-0.2, 0) is 35.0 Å². The minimum absolute atomic E-state index is 0.0366. The fraction of sp³-hybridized carbons (Fsp3) is 0.500. The average molecular weight is 510 g/mol. The van der Waals surface area contributed by atoms with Crippen LogP contribution in [0.3, 0.4) is 0 Å². The molecule has 0 unspecified atom stereocenters. The number of hydrogen-bond donors (Lipinski definition) is 6. The van der Waals surface area contributed by atoms with Gasteiger partial charge in [0.05, 0.1) is 31.5 Å². The predicted molar refractivity (Wildman–Crippen MR) is 120 cm³/mol. The molecular weight excluding hydrogens is 480 g/mol. The highest BCUT2D eigenvalue weighted by Crippen LogP contribution is 2.35. The molecule has 2 aliphatic heterocycles. The summed E-state index contributed by atoms with van der Waals surface area (Å²) in [5, 5.41) is 58.5. The van der Waals surface area contributed by atoms with Crippen molar-refractivity contribution in [2.75, 3.05) is 13.2 Å². The Morgan fingerprint density at radius 1 is 1.08 bits per heavy atom. The molecular formula is C24H30O12. The number of carbonyl (C=O) groups is 2. The second kappa shape index (κ2) is 12.3. The minimum atomic E-state index is -1.70. The Morgan fingerprint density at radius 3 is 2.39 bits per heavy atom. The summed E-state index contributed by atoms with van der Waals surface area (Å²) >= 11 is 0. The zero-order valence-corrected chi connectivity index (χ0v) is 19.5. The normalized spacial score (nSPS) is 31.4. The highest BCUT2D eigenvalue weighted by molar-refractivity contribution is 5.89. The first-order chi connectivity index (χ1) is 17.2. The quantitative estimate of drug-likeness (QED) is 0.186. The van der Waals surface area contributed by atoms with E-state index in [1.165, 1.54) is 18.2 Å². The number of ether oxygens (including phenoxy) is 4. The molecule has 0 amide bonds. The minimum Gasteiger partial charge on any atom is -0.508 e. The van der Waals surface area contributed by atoms with Crippen molar-refractivity contribution in [3.63, 3.8) is 0 Å². The number of aliphatic hydroxyl groups excluding tert-OH is 4. The summed E-state index contributed by atoms with van der Waals surface area (Å²) in [7, 11) is 0. The molecule has 2 heterocycles.